The lowest BCUT2D eigenvalue weighted by molar-refractivity contribution is 0.187. The molecule has 21 heavy (non-hydrogen) atoms. The lowest BCUT2D eigenvalue weighted by atomic mass is 10.0. The Kier molecular flexibility index (Phi) is 4.93. The van der Waals surface area contributed by atoms with Gasteiger partial charge in [-0.15, -0.1) is 0 Å². The Morgan fingerprint density at radius 3 is 2.90 bits per heavy atom. The number of nitrogens with one attached hydrogen (secondary N) is 1. The smallest absolute Gasteiger partial charge is 0.242 e. The summed E-state index contributed by atoms with van der Waals surface area (Å²) < 4.78 is 40.5. The van der Waals surface area contributed by atoms with E-state index < -0.39 is 21.4 Å². The number of benzene rings is 1. The Morgan fingerprint density at radius 2 is 2.24 bits per heavy atom. The third-order valence-electron chi connectivity index (χ3n) is 3.81. The average Bonchev–Trinajstić information content (AvgIpc) is 2.46. The van der Waals surface area contributed by atoms with E-state index in [1.54, 1.807) is 6.07 Å². The highest BCUT2D eigenvalue weighted by atomic mass is 32.2. The Bertz CT molecular complexity index is 655. The first-order valence-electron chi connectivity index (χ1n) is 6.84. The van der Waals surface area contributed by atoms with Gasteiger partial charge in [-0.05, 0) is 38.6 Å². The van der Waals surface area contributed by atoms with Crippen molar-refractivity contribution in [2.75, 3.05) is 20.1 Å². The molecule has 1 N–H and O–H groups in total. The molecule has 0 bridgehead atoms. The lowest BCUT2D eigenvalue weighted by Gasteiger charge is -2.32. The summed E-state index contributed by atoms with van der Waals surface area (Å²) in [5.41, 5.74) is -0.443. The number of likely N-dealkylation sites (N-methyl/N-ethyl adjacent to an activating group) is 1. The van der Waals surface area contributed by atoms with Gasteiger partial charge in [-0.2, -0.15) is 5.26 Å². The van der Waals surface area contributed by atoms with Crippen LogP contribution in [0.2, 0.25) is 0 Å². The molecule has 0 aliphatic carbocycles. The van der Waals surface area contributed by atoms with Gasteiger partial charge in [0, 0.05) is 12.6 Å². The monoisotopic (exact) mass is 311 g/mol. The Labute approximate surface area is 124 Å². The number of sulfonamides is 1. The van der Waals surface area contributed by atoms with Crippen molar-refractivity contribution in [2.24, 2.45) is 0 Å². The summed E-state index contributed by atoms with van der Waals surface area (Å²) in [6.45, 7) is 1.20. The van der Waals surface area contributed by atoms with E-state index in [2.05, 4.69) is 9.62 Å². The Balaban J connectivity index is 2.16. The van der Waals surface area contributed by atoms with Crippen LogP contribution in [-0.2, 0) is 10.0 Å². The molecule has 7 heteroatoms. The van der Waals surface area contributed by atoms with Gasteiger partial charge >= 0.3 is 0 Å². The third kappa shape index (κ3) is 3.59. The van der Waals surface area contributed by atoms with E-state index in [-0.39, 0.29) is 17.5 Å². The van der Waals surface area contributed by atoms with Gasteiger partial charge in [0.1, 0.15) is 22.3 Å². The molecule has 0 radical (unpaired) electrons. The third-order valence-corrected chi connectivity index (χ3v) is 5.27. The number of hydrogen-bond acceptors (Lipinski definition) is 4. The van der Waals surface area contributed by atoms with Crippen molar-refractivity contribution in [1.29, 1.82) is 5.26 Å². The number of hydrogen-bond donors (Lipinski definition) is 1. The molecule has 0 amide bonds. The summed E-state index contributed by atoms with van der Waals surface area (Å²) in [5.74, 6) is -0.824. The first kappa shape index (κ1) is 15.9. The van der Waals surface area contributed by atoms with Gasteiger partial charge in [-0.1, -0.05) is 12.5 Å². The molecule has 1 fully saturated rings. The highest BCUT2D eigenvalue weighted by Gasteiger charge is 2.24. The Morgan fingerprint density at radius 1 is 1.48 bits per heavy atom. The maximum absolute atomic E-state index is 13.5. The minimum absolute atomic E-state index is 0.132. The molecule has 1 aromatic rings. The minimum Gasteiger partial charge on any atom is -0.302 e. The lowest BCUT2D eigenvalue weighted by Crippen LogP contribution is -2.44. The number of nitrogens with zero attached hydrogens (tertiary/aromatic N) is 2. The molecule has 1 aliphatic heterocycles. The van der Waals surface area contributed by atoms with Crippen LogP contribution in [0.15, 0.2) is 23.1 Å². The van der Waals surface area contributed by atoms with E-state index in [9.17, 15) is 12.8 Å². The Hall–Kier alpha value is -1.49. The van der Waals surface area contributed by atoms with Gasteiger partial charge in [0.2, 0.25) is 10.0 Å². The van der Waals surface area contributed by atoms with Crippen molar-refractivity contribution in [3.8, 4) is 6.07 Å². The molecule has 1 unspecified atom stereocenters. The fourth-order valence-corrected chi connectivity index (χ4v) is 3.76. The fraction of sp³-hybridized carbons (Fsp3) is 0.500. The van der Waals surface area contributed by atoms with E-state index in [4.69, 9.17) is 5.26 Å². The first-order valence-corrected chi connectivity index (χ1v) is 8.32. The molecule has 0 saturated carbocycles. The number of piperidine rings is 1. The van der Waals surface area contributed by atoms with Crippen LogP contribution in [0.25, 0.3) is 0 Å². The summed E-state index contributed by atoms with van der Waals surface area (Å²) >= 11 is 0. The summed E-state index contributed by atoms with van der Waals surface area (Å²) in [6, 6.07) is 5.35. The van der Waals surface area contributed by atoms with Gasteiger partial charge in [-0.25, -0.2) is 17.5 Å². The van der Waals surface area contributed by atoms with Gasteiger partial charge in [-0.3, -0.25) is 0 Å². The molecule has 114 valence electrons. The molecule has 1 aromatic carbocycles. The van der Waals surface area contributed by atoms with Crippen LogP contribution in [0.3, 0.4) is 0 Å². The van der Waals surface area contributed by atoms with E-state index in [1.165, 1.54) is 12.1 Å². The number of nitriles is 1. The highest BCUT2D eigenvalue weighted by Crippen LogP contribution is 2.19. The van der Waals surface area contributed by atoms with E-state index in [0.717, 1.165) is 31.9 Å². The predicted octanol–water partition coefficient (Wildman–Crippen LogP) is 1.46. The quantitative estimate of drug-likeness (QED) is 0.913. The zero-order valence-electron chi connectivity index (χ0n) is 11.8. The summed E-state index contributed by atoms with van der Waals surface area (Å²) in [4.78, 5) is 1.81. The van der Waals surface area contributed by atoms with Crippen LogP contribution in [0.4, 0.5) is 4.39 Å². The van der Waals surface area contributed by atoms with Gasteiger partial charge < -0.3 is 4.90 Å². The molecule has 2 rings (SSSR count). The zero-order valence-corrected chi connectivity index (χ0v) is 12.7. The molecular formula is C14H18FN3O2S. The maximum atomic E-state index is 13.5. The standard InChI is InChI=1S/C14H18FN3O2S/c1-18-8-3-2-5-11(18)10-17-21(19,20)14-7-4-6-13(15)12(14)9-16/h4,6-7,11,17H,2-3,5,8,10H2,1H3. The summed E-state index contributed by atoms with van der Waals surface area (Å²) in [7, 11) is -1.93. The summed E-state index contributed by atoms with van der Waals surface area (Å²) in [6.07, 6.45) is 3.11. The van der Waals surface area contributed by atoms with Gasteiger partial charge in [0.05, 0.1) is 0 Å². The number of likely N-dealkylation sites (tertiary alicyclic amines) is 1. The molecule has 0 spiro atoms. The molecule has 5 nitrogen and oxygen atoms in total. The van der Waals surface area contributed by atoms with Crippen molar-refractivity contribution in [2.45, 2.75) is 30.2 Å². The average molecular weight is 311 g/mol. The second-order valence-electron chi connectivity index (χ2n) is 5.21. The first-order chi connectivity index (χ1) is 9.95. The number of halogens is 1. The molecule has 1 atom stereocenters. The zero-order chi connectivity index (χ0) is 15.5. The van der Waals surface area contributed by atoms with Crippen LogP contribution in [0.1, 0.15) is 24.8 Å². The normalized spacial score (nSPS) is 20.1. The summed E-state index contributed by atoms with van der Waals surface area (Å²) in [5, 5.41) is 8.93. The molecule has 1 aliphatic rings. The topological polar surface area (TPSA) is 73.2 Å². The van der Waals surface area contributed by atoms with E-state index in [0.29, 0.717) is 0 Å². The van der Waals surface area contributed by atoms with E-state index >= 15 is 0 Å². The van der Waals surface area contributed by atoms with Crippen LogP contribution < -0.4 is 4.72 Å². The highest BCUT2D eigenvalue weighted by molar-refractivity contribution is 7.89. The molecule has 1 saturated heterocycles. The van der Waals surface area contributed by atoms with Crippen LogP contribution >= 0.6 is 0 Å². The minimum atomic E-state index is -3.89. The van der Waals surface area contributed by atoms with Crippen molar-refractivity contribution in [3.63, 3.8) is 0 Å². The van der Waals surface area contributed by atoms with Crippen LogP contribution in [0.5, 0.6) is 0 Å². The second-order valence-corrected chi connectivity index (χ2v) is 6.94. The predicted molar refractivity (Wildman–Crippen MR) is 76.6 cm³/mol. The molecule has 1 heterocycles. The van der Waals surface area contributed by atoms with E-state index in [1.807, 2.05) is 7.05 Å². The maximum Gasteiger partial charge on any atom is 0.242 e. The van der Waals surface area contributed by atoms with Gasteiger partial charge in [0.15, 0.2) is 0 Å². The largest absolute Gasteiger partial charge is 0.302 e. The van der Waals surface area contributed by atoms with Crippen molar-refractivity contribution >= 4 is 10.0 Å². The van der Waals surface area contributed by atoms with Crippen molar-refractivity contribution < 1.29 is 12.8 Å². The number of rotatable bonds is 4. The SMILES string of the molecule is CN1CCCCC1CNS(=O)(=O)c1cccc(F)c1C#N. The van der Waals surface area contributed by atoms with Crippen LogP contribution in [0, 0.1) is 17.1 Å². The fourth-order valence-electron chi connectivity index (χ4n) is 2.52. The van der Waals surface area contributed by atoms with Crippen molar-refractivity contribution in [1.82, 2.24) is 9.62 Å². The molecular weight excluding hydrogens is 293 g/mol. The second kappa shape index (κ2) is 6.52. The van der Waals surface area contributed by atoms with Gasteiger partial charge in [0.25, 0.3) is 0 Å². The van der Waals surface area contributed by atoms with Crippen LogP contribution in [-0.4, -0.2) is 39.5 Å². The molecule has 0 aromatic heterocycles. The van der Waals surface area contributed by atoms with Crippen molar-refractivity contribution in [3.05, 3.63) is 29.6 Å².